The summed E-state index contributed by atoms with van der Waals surface area (Å²) in [6.07, 6.45) is 2.18. The normalized spacial score (nSPS) is 19.3. The number of amides is 1. The maximum atomic E-state index is 12.1. The molecule has 1 aromatic carbocycles. The molecule has 1 saturated heterocycles. The zero-order valence-corrected chi connectivity index (χ0v) is 12.6. The number of hydrogen-bond acceptors (Lipinski definition) is 2. The number of nitrogens with zero attached hydrogens (tertiary/aromatic N) is 3. The Balaban J connectivity index is 1.64. The molecule has 0 spiro atoms. The van der Waals surface area contributed by atoms with Crippen molar-refractivity contribution >= 4 is 16.9 Å². The van der Waals surface area contributed by atoms with E-state index in [-0.39, 0.29) is 0 Å². The predicted molar refractivity (Wildman–Crippen MR) is 82.2 cm³/mol. The Bertz CT molecular complexity index is 693. The van der Waals surface area contributed by atoms with Gasteiger partial charge in [0.15, 0.2) is 0 Å². The van der Waals surface area contributed by atoms with E-state index in [1.165, 1.54) is 5.52 Å². The lowest BCUT2D eigenvalue weighted by Crippen LogP contribution is -2.51. The van der Waals surface area contributed by atoms with Gasteiger partial charge in [0, 0.05) is 24.9 Å². The second-order valence-electron chi connectivity index (χ2n) is 6.65. The minimum atomic E-state index is 0.329. The maximum Gasteiger partial charge on any atom is 0.225 e. The highest BCUT2D eigenvalue weighted by atomic mass is 16.2. The van der Waals surface area contributed by atoms with Crippen molar-refractivity contribution in [1.82, 2.24) is 14.5 Å². The molecule has 21 heavy (non-hydrogen) atoms. The predicted octanol–water partition coefficient (Wildman–Crippen LogP) is 2.95. The molecule has 2 fully saturated rings. The molecule has 0 N–H and O–H groups in total. The largest absolute Gasteiger partial charge is 0.338 e. The van der Waals surface area contributed by atoms with E-state index in [1.807, 2.05) is 11.0 Å². The first-order valence-electron chi connectivity index (χ1n) is 7.91. The molecule has 0 unspecified atom stereocenters. The molecule has 0 atom stereocenters. The fraction of sp³-hybridized carbons (Fsp3) is 0.529. The number of fused-ring (bicyclic) bond motifs is 1. The van der Waals surface area contributed by atoms with Gasteiger partial charge in [-0.1, -0.05) is 26.0 Å². The van der Waals surface area contributed by atoms with Crippen molar-refractivity contribution in [3.05, 3.63) is 30.1 Å². The number of likely N-dealkylation sites (tertiary alicyclic amines) is 1. The van der Waals surface area contributed by atoms with Gasteiger partial charge in [0.1, 0.15) is 5.82 Å². The highest BCUT2D eigenvalue weighted by Gasteiger charge is 2.40. The molecular weight excluding hydrogens is 262 g/mol. The molecule has 2 aliphatic rings. The SMILES string of the molecule is CC(C)c1nc2ccccc2n1C1CN(C(=O)C2CC2)C1. The van der Waals surface area contributed by atoms with Gasteiger partial charge in [0.2, 0.25) is 5.91 Å². The van der Waals surface area contributed by atoms with Crippen LogP contribution in [0, 0.1) is 5.92 Å². The fourth-order valence-corrected chi connectivity index (χ4v) is 3.24. The zero-order valence-electron chi connectivity index (χ0n) is 12.6. The number of hydrogen-bond donors (Lipinski definition) is 0. The van der Waals surface area contributed by atoms with Crippen LogP contribution in [0.1, 0.15) is 44.5 Å². The minimum Gasteiger partial charge on any atom is -0.338 e. The van der Waals surface area contributed by atoms with Gasteiger partial charge in [0.05, 0.1) is 17.1 Å². The fourth-order valence-electron chi connectivity index (χ4n) is 3.24. The standard InChI is InChI=1S/C17H21N3O/c1-11(2)16-18-14-5-3-4-6-15(14)20(16)13-9-19(10-13)17(21)12-7-8-12/h3-6,11-13H,7-10H2,1-2H3. The van der Waals surface area contributed by atoms with Crippen LogP contribution in [-0.4, -0.2) is 33.4 Å². The number of carbonyl (C=O) groups excluding carboxylic acids is 1. The number of rotatable bonds is 3. The Morgan fingerprint density at radius 1 is 1.24 bits per heavy atom. The van der Waals surface area contributed by atoms with E-state index in [9.17, 15) is 4.79 Å². The zero-order chi connectivity index (χ0) is 14.6. The van der Waals surface area contributed by atoms with E-state index in [0.29, 0.717) is 23.8 Å². The summed E-state index contributed by atoms with van der Waals surface area (Å²) >= 11 is 0. The van der Waals surface area contributed by atoms with E-state index in [1.54, 1.807) is 0 Å². The van der Waals surface area contributed by atoms with Crippen LogP contribution < -0.4 is 0 Å². The van der Waals surface area contributed by atoms with Crippen LogP contribution >= 0.6 is 0 Å². The molecule has 4 heteroatoms. The van der Waals surface area contributed by atoms with Crippen molar-refractivity contribution in [2.75, 3.05) is 13.1 Å². The van der Waals surface area contributed by atoms with Crippen molar-refractivity contribution in [2.24, 2.45) is 5.92 Å². The first kappa shape index (κ1) is 12.9. The summed E-state index contributed by atoms with van der Waals surface area (Å²) in [5.41, 5.74) is 2.26. The van der Waals surface area contributed by atoms with Gasteiger partial charge in [-0.3, -0.25) is 4.79 Å². The molecule has 4 rings (SSSR count). The van der Waals surface area contributed by atoms with E-state index < -0.39 is 0 Å². The summed E-state index contributed by atoms with van der Waals surface area (Å²) in [7, 11) is 0. The lowest BCUT2D eigenvalue weighted by atomic mass is 10.1. The second kappa shape index (κ2) is 4.58. The number of aromatic nitrogens is 2. The van der Waals surface area contributed by atoms with Crippen molar-refractivity contribution in [3.63, 3.8) is 0 Å². The molecule has 1 amide bonds. The van der Waals surface area contributed by atoms with Gasteiger partial charge in [-0.2, -0.15) is 0 Å². The van der Waals surface area contributed by atoms with Crippen molar-refractivity contribution in [3.8, 4) is 0 Å². The Morgan fingerprint density at radius 2 is 1.95 bits per heavy atom. The Morgan fingerprint density at radius 3 is 2.62 bits per heavy atom. The summed E-state index contributed by atoms with van der Waals surface area (Å²) in [5, 5.41) is 0. The minimum absolute atomic E-state index is 0.329. The molecule has 1 aromatic heterocycles. The monoisotopic (exact) mass is 283 g/mol. The first-order chi connectivity index (χ1) is 10.1. The van der Waals surface area contributed by atoms with Gasteiger partial charge in [0.25, 0.3) is 0 Å². The molecule has 0 bridgehead atoms. The van der Waals surface area contributed by atoms with Crippen LogP contribution in [0.4, 0.5) is 0 Å². The number of imidazole rings is 1. The topological polar surface area (TPSA) is 38.1 Å². The van der Waals surface area contributed by atoms with E-state index in [0.717, 1.165) is 37.3 Å². The van der Waals surface area contributed by atoms with Gasteiger partial charge in [-0.15, -0.1) is 0 Å². The first-order valence-corrected chi connectivity index (χ1v) is 7.91. The molecule has 0 radical (unpaired) electrons. The third-order valence-electron chi connectivity index (χ3n) is 4.61. The molecule has 4 nitrogen and oxygen atoms in total. The molecule has 1 saturated carbocycles. The molecule has 1 aliphatic carbocycles. The smallest absolute Gasteiger partial charge is 0.225 e. The third-order valence-corrected chi connectivity index (χ3v) is 4.61. The average molecular weight is 283 g/mol. The highest BCUT2D eigenvalue weighted by molar-refractivity contribution is 5.82. The highest BCUT2D eigenvalue weighted by Crippen LogP contribution is 2.36. The van der Waals surface area contributed by atoms with Crippen LogP contribution in [-0.2, 0) is 4.79 Å². The van der Waals surface area contributed by atoms with Crippen LogP contribution in [0.25, 0.3) is 11.0 Å². The van der Waals surface area contributed by atoms with Gasteiger partial charge in [-0.05, 0) is 25.0 Å². The second-order valence-corrected chi connectivity index (χ2v) is 6.65. The summed E-state index contributed by atoms with van der Waals surface area (Å²) < 4.78 is 2.36. The van der Waals surface area contributed by atoms with E-state index >= 15 is 0 Å². The summed E-state index contributed by atoms with van der Waals surface area (Å²) in [6, 6.07) is 8.70. The molecular formula is C17H21N3O. The van der Waals surface area contributed by atoms with Gasteiger partial charge >= 0.3 is 0 Å². The molecule has 1 aliphatic heterocycles. The van der Waals surface area contributed by atoms with Crippen LogP contribution in [0.3, 0.4) is 0 Å². The van der Waals surface area contributed by atoms with E-state index in [2.05, 4.69) is 36.6 Å². The lowest BCUT2D eigenvalue weighted by Gasteiger charge is -2.41. The lowest BCUT2D eigenvalue weighted by molar-refractivity contribution is -0.138. The summed E-state index contributed by atoms with van der Waals surface area (Å²) in [5.74, 6) is 2.22. The third kappa shape index (κ3) is 2.04. The van der Waals surface area contributed by atoms with Crippen LogP contribution in [0.15, 0.2) is 24.3 Å². The Hall–Kier alpha value is -1.84. The average Bonchev–Trinajstić information content (AvgIpc) is 3.19. The molecule has 2 aromatic rings. The van der Waals surface area contributed by atoms with E-state index in [4.69, 9.17) is 4.98 Å². The number of carbonyl (C=O) groups is 1. The number of benzene rings is 1. The van der Waals surface area contributed by atoms with Crippen molar-refractivity contribution in [1.29, 1.82) is 0 Å². The molecule has 2 heterocycles. The van der Waals surface area contributed by atoms with Crippen LogP contribution in [0.2, 0.25) is 0 Å². The maximum absolute atomic E-state index is 12.1. The molecule has 110 valence electrons. The van der Waals surface area contributed by atoms with Crippen molar-refractivity contribution in [2.45, 2.75) is 38.6 Å². The van der Waals surface area contributed by atoms with Gasteiger partial charge in [-0.25, -0.2) is 4.98 Å². The quantitative estimate of drug-likeness (QED) is 0.868. The van der Waals surface area contributed by atoms with Gasteiger partial charge < -0.3 is 9.47 Å². The van der Waals surface area contributed by atoms with Crippen molar-refractivity contribution < 1.29 is 4.79 Å². The Kier molecular flexibility index (Phi) is 2.81. The summed E-state index contributed by atoms with van der Waals surface area (Å²) in [6.45, 7) is 6.05. The number of para-hydroxylation sites is 2. The summed E-state index contributed by atoms with van der Waals surface area (Å²) in [4.78, 5) is 18.9. The van der Waals surface area contributed by atoms with Crippen LogP contribution in [0.5, 0.6) is 0 Å². The Labute approximate surface area is 124 Å².